The number of ketones is 1. The third-order valence-electron chi connectivity index (χ3n) is 1.51. The summed E-state index contributed by atoms with van der Waals surface area (Å²) in [5.41, 5.74) is 1.00. The van der Waals surface area contributed by atoms with Gasteiger partial charge in [0, 0.05) is 0 Å². The molecule has 64 valence electrons. The summed E-state index contributed by atoms with van der Waals surface area (Å²) in [6, 6.07) is 9.64. The van der Waals surface area contributed by atoms with Crippen molar-refractivity contribution < 1.29 is 4.79 Å². The Morgan fingerprint density at radius 3 is 2.42 bits per heavy atom. The predicted molar refractivity (Wildman–Crippen MR) is 56.9 cm³/mol. The van der Waals surface area contributed by atoms with E-state index in [1.807, 2.05) is 30.3 Å². The first-order valence-corrected chi connectivity index (χ1v) is 5.57. The molecule has 1 atom stereocenters. The lowest BCUT2D eigenvalue weighted by Crippen LogP contribution is -2.06. The second-order valence-corrected chi connectivity index (χ2v) is 3.85. The summed E-state index contributed by atoms with van der Waals surface area (Å²) in [7, 11) is 0. The average Bonchev–Trinajstić information content (AvgIpc) is 2.17. The zero-order valence-electron chi connectivity index (χ0n) is 6.34. The van der Waals surface area contributed by atoms with E-state index in [0.29, 0.717) is 5.33 Å². The van der Waals surface area contributed by atoms with E-state index in [1.54, 1.807) is 0 Å². The van der Waals surface area contributed by atoms with Crippen LogP contribution in [-0.2, 0) is 4.79 Å². The molecule has 0 aliphatic rings. The summed E-state index contributed by atoms with van der Waals surface area (Å²) in [5, 5.41) is 0.387. The van der Waals surface area contributed by atoms with Crippen LogP contribution < -0.4 is 0 Å². The summed E-state index contributed by atoms with van der Waals surface area (Å²) in [5.74, 6) is 0.140. The van der Waals surface area contributed by atoms with Crippen molar-refractivity contribution in [2.24, 2.45) is 0 Å². The van der Waals surface area contributed by atoms with E-state index in [0.717, 1.165) is 5.56 Å². The van der Waals surface area contributed by atoms with Crippen LogP contribution in [0, 0.1) is 0 Å². The summed E-state index contributed by atoms with van der Waals surface area (Å²) in [4.78, 5) is 11.0. The summed E-state index contributed by atoms with van der Waals surface area (Å²) in [6.45, 7) is 0. The highest BCUT2D eigenvalue weighted by molar-refractivity contribution is 9.10. The zero-order chi connectivity index (χ0) is 8.97. The van der Waals surface area contributed by atoms with Crippen molar-refractivity contribution in [3.05, 3.63) is 35.9 Å². The van der Waals surface area contributed by atoms with Crippen molar-refractivity contribution in [1.29, 1.82) is 0 Å². The van der Waals surface area contributed by atoms with Crippen LogP contribution in [0.3, 0.4) is 0 Å². The molecule has 0 amide bonds. The number of carbonyl (C=O) groups is 1. The zero-order valence-corrected chi connectivity index (χ0v) is 9.51. The smallest absolute Gasteiger partial charge is 0.161 e. The second-order valence-electron chi connectivity index (χ2n) is 2.37. The monoisotopic (exact) mass is 290 g/mol. The third kappa shape index (κ3) is 2.42. The van der Waals surface area contributed by atoms with Gasteiger partial charge in [-0.2, -0.15) is 0 Å². The Balaban J connectivity index is 2.78. The van der Waals surface area contributed by atoms with Gasteiger partial charge in [-0.1, -0.05) is 62.2 Å². The number of hydrogen-bond acceptors (Lipinski definition) is 1. The number of rotatable bonds is 3. The lowest BCUT2D eigenvalue weighted by molar-refractivity contribution is -0.116. The quantitative estimate of drug-likeness (QED) is 0.782. The summed E-state index contributed by atoms with van der Waals surface area (Å²) in [6.07, 6.45) is 0. The van der Waals surface area contributed by atoms with Gasteiger partial charge in [0.25, 0.3) is 0 Å². The summed E-state index contributed by atoms with van der Waals surface area (Å²) < 4.78 is 0. The molecule has 0 spiro atoms. The molecule has 1 unspecified atom stereocenters. The van der Waals surface area contributed by atoms with E-state index in [2.05, 4.69) is 31.9 Å². The highest BCUT2D eigenvalue weighted by Gasteiger charge is 2.14. The molecule has 12 heavy (non-hydrogen) atoms. The number of benzene rings is 1. The van der Waals surface area contributed by atoms with Gasteiger partial charge in [0.05, 0.1) is 10.2 Å². The van der Waals surface area contributed by atoms with Crippen molar-refractivity contribution in [2.45, 2.75) is 4.83 Å². The molecular weight excluding hydrogens is 284 g/mol. The molecule has 1 rings (SSSR count). The van der Waals surface area contributed by atoms with Gasteiger partial charge in [-0.15, -0.1) is 0 Å². The topological polar surface area (TPSA) is 17.1 Å². The normalized spacial score (nSPS) is 12.5. The van der Waals surface area contributed by atoms with E-state index in [1.165, 1.54) is 0 Å². The Labute approximate surface area is 88.4 Å². The fraction of sp³-hybridized carbons (Fsp3) is 0.222. The molecule has 1 aromatic rings. The number of carbonyl (C=O) groups excluding carboxylic acids is 1. The van der Waals surface area contributed by atoms with Crippen LogP contribution in [0.1, 0.15) is 10.4 Å². The third-order valence-corrected chi connectivity index (χ3v) is 3.10. The number of hydrogen-bond donors (Lipinski definition) is 0. The highest BCUT2D eigenvalue weighted by atomic mass is 79.9. The van der Waals surface area contributed by atoms with Gasteiger partial charge in [-0.3, -0.25) is 4.79 Å². The average molecular weight is 292 g/mol. The molecule has 3 heteroatoms. The van der Waals surface area contributed by atoms with Gasteiger partial charge in [0.15, 0.2) is 5.78 Å². The first-order valence-electron chi connectivity index (χ1n) is 3.53. The highest BCUT2D eigenvalue weighted by Crippen LogP contribution is 2.23. The minimum absolute atomic E-state index is 0.140. The van der Waals surface area contributed by atoms with Crippen molar-refractivity contribution in [3.8, 4) is 0 Å². The van der Waals surface area contributed by atoms with Crippen molar-refractivity contribution >= 4 is 37.6 Å². The minimum Gasteiger partial charge on any atom is -0.297 e. The van der Waals surface area contributed by atoms with Gasteiger partial charge in [-0.25, -0.2) is 0 Å². The van der Waals surface area contributed by atoms with Crippen LogP contribution >= 0.6 is 31.9 Å². The lowest BCUT2D eigenvalue weighted by atomic mass is 10.1. The molecule has 0 aliphatic heterocycles. The molecule has 0 bridgehead atoms. The molecule has 0 saturated heterocycles. The number of alkyl halides is 2. The van der Waals surface area contributed by atoms with Crippen LogP contribution in [0.15, 0.2) is 30.3 Å². The molecular formula is C9H8Br2O. The first kappa shape index (κ1) is 9.93. The number of halogens is 2. The Bertz CT molecular complexity index is 258. The molecule has 0 aliphatic carbocycles. The van der Waals surface area contributed by atoms with E-state index in [-0.39, 0.29) is 10.6 Å². The Morgan fingerprint density at radius 2 is 1.92 bits per heavy atom. The first-order chi connectivity index (χ1) is 5.75. The van der Waals surface area contributed by atoms with Crippen LogP contribution in [0.25, 0.3) is 0 Å². The van der Waals surface area contributed by atoms with Crippen LogP contribution in [0.2, 0.25) is 0 Å². The van der Waals surface area contributed by atoms with E-state index in [4.69, 9.17) is 0 Å². The SMILES string of the molecule is O=C(CBr)C(Br)c1ccccc1. The minimum atomic E-state index is -0.182. The van der Waals surface area contributed by atoms with Crippen molar-refractivity contribution in [2.75, 3.05) is 5.33 Å². The lowest BCUT2D eigenvalue weighted by Gasteiger charge is -2.05. The van der Waals surface area contributed by atoms with E-state index >= 15 is 0 Å². The molecule has 1 nitrogen and oxygen atoms in total. The molecule has 0 saturated carbocycles. The fourth-order valence-corrected chi connectivity index (χ4v) is 2.10. The van der Waals surface area contributed by atoms with Gasteiger partial charge < -0.3 is 0 Å². The maximum atomic E-state index is 11.2. The molecule has 0 fully saturated rings. The maximum absolute atomic E-state index is 11.2. The summed E-state index contributed by atoms with van der Waals surface area (Å²) >= 11 is 6.47. The molecule has 1 aromatic carbocycles. The van der Waals surface area contributed by atoms with Crippen LogP contribution in [0.4, 0.5) is 0 Å². The second kappa shape index (κ2) is 4.77. The molecule has 0 heterocycles. The van der Waals surface area contributed by atoms with Crippen molar-refractivity contribution in [1.82, 2.24) is 0 Å². The Kier molecular flexibility index (Phi) is 3.95. The molecule has 0 aromatic heterocycles. The van der Waals surface area contributed by atoms with Crippen LogP contribution in [0.5, 0.6) is 0 Å². The number of Topliss-reactive ketones (excluding diaryl/α,β-unsaturated/α-hetero) is 1. The van der Waals surface area contributed by atoms with Crippen LogP contribution in [-0.4, -0.2) is 11.1 Å². The molecule has 0 N–H and O–H groups in total. The van der Waals surface area contributed by atoms with Gasteiger partial charge in [-0.05, 0) is 5.56 Å². The van der Waals surface area contributed by atoms with Gasteiger partial charge >= 0.3 is 0 Å². The fourth-order valence-electron chi connectivity index (χ4n) is 0.876. The van der Waals surface area contributed by atoms with Crippen molar-refractivity contribution in [3.63, 3.8) is 0 Å². The van der Waals surface area contributed by atoms with E-state index in [9.17, 15) is 4.79 Å². The van der Waals surface area contributed by atoms with Gasteiger partial charge in [0.2, 0.25) is 0 Å². The Hall–Kier alpha value is -0.150. The predicted octanol–water partition coefficient (Wildman–Crippen LogP) is 3.09. The molecule has 0 radical (unpaired) electrons. The van der Waals surface area contributed by atoms with Gasteiger partial charge in [0.1, 0.15) is 0 Å². The Morgan fingerprint density at radius 1 is 1.33 bits per heavy atom. The largest absolute Gasteiger partial charge is 0.297 e. The van der Waals surface area contributed by atoms with E-state index < -0.39 is 0 Å². The standard InChI is InChI=1S/C9H8Br2O/c10-6-8(12)9(11)7-4-2-1-3-5-7/h1-5,9H,6H2. The maximum Gasteiger partial charge on any atom is 0.161 e.